The Morgan fingerprint density at radius 3 is 2.44 bits per heavy atom. The average molecular weight is 248 g/mol. The molecule has 1 fully saturated rings. The van der Waals surface area contributed by atoms with Gasteiger partial charge >= 0.3 is 0 Å². The largest absolute Gasteiger partial charge is 0.496 e. The van der Waals surface area contributed by atoms with Gasteiger partial charge < -0.3 is 16.2 Å². The van der Waals surface area contributed by atoms with Crippen LogP contribution < -0.4 is 16.2 Å². The first kappa shape index (κ1) is 13.4. The van der Waals surface area contributed by atoms with E-state index in [0.717, 1.165) is 24.2 Å². The molecule has 1 atom stereocenters. The third-order valence-electron chi connectivity index (χ3n) is 4.00. The molecule has 0 spiro atoms. The normalized spacial score (nSPS) is 24.8. The number of hydrogen-bond donors (Lipinski definition) is 2. The highest BCUT2D eigenvalue weighted by Crippen LogP contribution is 2.39. The summed E-state index contributed by atoms with van der Waals surface area (Å²) in [6.45, 7) is 4.36. The summed E-state index contributed by atoms with van der Waals surface area (Å²) in [5.74, 6) is 1.91. The van der Waals surface area contributed by atoms with E-state index in [2.05, 4.69) is 32.0 Å². The first-order valence-electron chi connectivity index (χ1n) is 6.72. The Balaban J connectivity index is 2.21. The number of benzene rings is 1. The van der Waals surface area contributed by atoms with Crippen molar-refractivity contribution in [1.82, 2.24) is 0 Å². The maximum absolute atomic E-state index is 6.33. The summed E-state index contributed by atoms with van der Waals surface area (Å²) < 4.78 is 5.49. The minimum absolute atomic E-state index is 0.0426. The van der Waals surface area contributed by atoms with Crippen LogP contribution in [0.5, 0.6) is 5.75 Å². The quantitative estimate of drug-likeness (QED) is 0.861. The molecule has 0 aromatic heterocycles. The average Bonchev–Trinajstić information content (AvgIpc) is 2.33. The Kier molecular flexibility index (Phi) is 3.93. The lowest BCUT2D eigenvalue weighted by molar-refractivity contribution is 0.221. The third kappa shape index (κ3) is 2.52. The van der Waals surface area contributed by atoms with Gasteiger partial charge in [-0.2, -0.15) is 0 Å². The standard InChI is InChI=1S/C15H24N2O/c1-9(2)10-4-5-13(14(8-10)18-3)15(17)11-6-12(16)7-11/h4-5,8-9,11-12,15H,6-7,16-17H2,1-3H3. The third-order valence-corrected chi connectivity index (χ3v) is 4.00. The second-order valence-electron chi connectivity index (χ2n) is 5.67. The summed E-state index contributed by atoms with van der Waals surface area (Å²) in [4.78, 5) is 0. The van der Waals surface area contributed by atoms with Crippen LogP contribution in [-0.2, 0) is 0 Å². The molecular formula is C15H24N2O. The fourth-order valence-electron chi connectivity index (χ4n) is 2.62. The predicted molar refractivity (Wildman–Crippen MR) is 74.7 cm³/mol. The van der Waals surface area contributed by atoms with Crippen LogP contribution in [0.1, 0.15) is 49.8 Å². The predicted octanol–water partition coefficient (Wildman–Crippen LogP) is 2.56. The molecule has 1 unspecified atom stereocenters. The molecule has 3 nitrogen and oxygen atoms in total. The van der Waals surface area contributed by atoms with E-state index >= 15 is 0 Å². The van der Waals surface area contributed by atoms with Crippen molar-refractivity contribution in [3.8, 4) is 5.75 Å². The molecule has 1 aromatic rings. The molecule has 1 aromatic carbocycles. The van der Waals surface area contributed by atoms with Crippen LogP contribution >= 0.6 is 0 Å². The molecule has 0 radical (unpaired) electrons. The first-order valence-corrected chi connectivity index (χ1v) is 6.72. The summed E-state index contributed by atoms with van der Waals surface area (Å²) in [7, 11) is 1.71. The topological polar surface area (TPSA) is 61.3 Å². The second-order valence-corrected chi connectivity index (χ2v) is 5.67. The smallest absolute Gasteiger partial charge is 0.123 e. The van der Waals surface area contributed by atoms with Crippen LogP contribution in [-0.4, -0.2) is 13.2 Å². The van der Waals surface area contributed by atoms with E-state index in [1.54, 1.807) is 7.11 Å². The Morgan fingerprint density at radius 1 is 1.28 bits per heavy atom. The zero-order valence-corrected chi connectivity index (χ0v) is 11.5. The molecule has 4 N–H and O–H groups in total. The zero-order valence-electron chi connectivity index (χ0n) is 11.5. The monoisotopic (exact) mass is 248 g/mol. The van der Waals surface area contributed by atoms with Crippen molar-refractivity contribution in [2.24, 2.45) is 17.4 Å². The minimum Gasteiger partial charge on any atom is -0.496 e. The number of nitrogens with two attached hydrogens (primary N) is 2. The van der Waals surface area contributed by atoms with Crippen molar-refractivity contribution in [2.45, 2.75) is 44.7 Å². The van der Waals surface area contributed by atoms with Crippen molar-refractivity contribution in [1.29, 1.82) is 0 Å². The van der Waals surface area contributed by atoms with Gasteiger partial charge in [0.15, 0.2) is 0 Å². The molecule has 0 bridgehead atoms. The van der Waals surface area contributed by atoms with Crippen molar-refractivity contribution in [3.63, 3.8) is 0 Å². The molecule has 2 rings (SSSR count). The summed E-state index contributed by atoms with van der Waals surface area (Å²) in [6, 6.07) is 6.75. The lowest BCUT2D eigenvalue weighted by atomic mass is 9.74. The van der Waals surface area contributed by atoms with E-state index in [0.29, 0.717) is 17.9 Å². The molecule has 0 amide bonds. The molecule has 1 aliphatic carbocycles. The van der Waals surface area contributed by atoms with Crippen LogP contribution in [0.3, 0.4) is 0 Å². The summed E-state index contributed by atoms with van der Waals surface area (Å²) >= 11 is 0. The SMILES string of the molecule is COc1cc(C(C)C)ccc1C(N)C1CC(N)C1. The van der Waals surface area contributed by atoms with Gasteiger partial charge in [0, 0.05) is 17.6 Å². The van der Waals surface area contributed by atoms with E-state index in [1.165, 1.54) is 5.56 Å². The van der Waals surface area contributed by atoms with Crippen LogP contribution in [0.2, 0.25) is 0 Å². The fraction of sp³-hybridized carbons (Fsp3) is 0.600. The van der Waals surface area contributed by atoms with Gasteiger partial charge in [-0.15, -0.1) is 0 Å². The van der Waals surface area contributed by atoms with Gasteiger partial charge in [-0.1, -0.05) is 26.0 Å². The van der Waals surface area contributed by atoms with E-state index < -0.39 is 0 Å². The highest BCUT2D eigenvalue weighted by Gasteiger charge is 2.32. The first-order chi connectivity index (χ1) is 8.52. The molecule has 100 valence electrons. The van der Waals surface area contributed by atoms with Crippen molar-refractivity contribution in [2.75, 3.05) is 7.11 Å². The Labute approximate surface area is 110 Å². The van der Waals surface area contributed by atoms with Gasteiger partial charge in [-0.25, -0.2) is 0 Å². The minimum atomic E-state index is 0.0426. The van der Waals surface area contributed by atoms with Crippen LogP contribution in [0, 0.1) is 5.92 Å². The molecule has 1 aliphatic rings. The summed E-state index contributed by atoms with van der Waals surface area (Å²) in [5.41, 5.74) is 14.6. The van der Waals surface area contributed by atoms with Crippen LogP contribution in [0.25, 0.3) is 0 Å². The van der Waals surface area contributed by atoms with Crippen molar-refractivity contribution < 1.29 is 4.74 Å². The number of methoxy groups -OCH3 is 1. The molecular weight excluding hydrogens is 224 g/mol. The maximum atomic E-state index is 6.33. The molecule has 18 heavy (non-hydrogen) atoms. The van der Waals surface area contributed by atoms with Gasteiger partial charge in [0.25, 0.3) is 0 Å². The Hall–Kier alpha value is -1.06. The molecule has 3 heteroatoms. The van der Waals surface area contributed by atoms with Gasteiger partial charge in [0.05, 0.1) is 7.11 Å². The Morgan fingerprint density at radius 2 is 1.94 bits per heavy atom. The molecule has 0 heterocycles. The summed E-state index contributed by atoms with van der Waals surface area (Å²) in [6.07, 6.45) is 2.05. The van der Waals surface area contributed by atoms with Gasteiger partial charge in [-0.05, 0) is 36.3 Å². The van der Waals surface area contributed by atoms with Crippen molar-refractivity contribution in [3.05, 3.63) is 29.3 Å². The molecule has 0 aliphatic heterocycles. The fourth-order valence-corrected chi connectivity index (χ4v) is 2.62. The van der Waals surface area contributed by atoms with Crippen LogP contribution in [0.4, 0.5) is 0 Å². The maximum Gasteiger partial charge on any atom is 0.123 e. The number of hydrogen-bond acceptors (Lipinski definition) is 3. The number of ether oxygens (including phenoxy) is 1. The summed E-state index contributed by atoms with van der Waals surface area (Å²) in [5, 5.41) is 0. The highest BCUT2D eigenvalue weighted by molar-refractivity contribution is 5.41. The zero-order chi connectivity index (χ0) is 13.3. The highest BCUT2D eigenvalue weighted by atomic mass is 16.5. The van der Waals surface area contributed by atoms with Gasteiger partial charge in [-0.3, -0.25) is 0 Å². The molecule has 0 saturated heterocycles. The lowest BCUT2D eigenvalue weighted by Gasteiger charge is -2.37. The molecule has 1 saturated carbocycles. The van der Waals surface area contributed by atoms with E-state index in [4.69, 9.17) is 16.2 Å². The van der Waals surface area contributed by atoms with E-state index in [-0.39, 0.29) is 6.04 Å². The second kappa shape index (κ2) is 5.29. The lowest BCUT2D eigenvalue weighted by Crippen LogP contribution is -2.41. The van der Waals surface area contributed by atoms with E-state index in [1.807, 2.05) is 0 Å². The Bertz CT molecular complexity index is 411. The van der Waals surface area contributed by atoms with Crippen molar-refractivity contribution >= 4 is 0 Å². The van der Waals surface area contributed by atoms with Gasteiger partial charge in [0.2, 0.25) is 0 Å². The van der Waals surface area contributed by atoms with E-state index in [9.17, 15) is 0 Å². The number of rotatable bonds is 4. The van der Waals surface area contributed by atoms with Crippen LogP contribution in [0.15, 0.2) is 18.2 Å². The van der Waals surface area contributed by atoms with Gasteiger partial charge in [0.1, 0.15) is 5.75 Å².